The van der Waals surface area contributed by atoms with Crippen molar-refractivity contribution in [2.75, 3.05) is 46.1 Å². The van der Waals surface area contributed by atoms with Crippen LogP contribution in [-0.2, 0) is 13.0 Å². The average Bonchev–Trinajstić information content (AvgIpc) is 3.65. The molecule has 2 aliphatic heterocycles. The molecule has 6 rings (SSSR count). The number of pyridine rings is 1. The largest absolute Gasteiger partial charge is 0.454 e. The van der Waals surface area contributed by atoms with Crippen LogP contribution in [0.2, 0.25) is 0 Å². The number of ether oxygens (including phenoxy) is 3. The summed E-state index contributed by atoms with van der Waals surface area (Å²) in [5, 5.41) is 12.0. The third-order valence-corrected chi connectivity index (χ3v) is 7.87. The van der Waals surface area contributed by atoms with Gasteiger partial charge in [-0.2, -0.15) is 0 Å². The molecule has 0 radical (unpaired) electrons. The molecule has 1 fully saturated rings. The molecule has 11 nitrogen and oxygen atoms in total. The zero-order valence-electron chi connectivity index (χ0n) is 24.3. The van der Waals surface area contributed by atoms with Crippen molar-refractivity contribution in [2.45, 2.75) is 26.8 Å². The summed E-state index contributed by atoms with van der Waals surface area (Å²) in [6, 6.07) is 15.1. The molecule has 0 unspecified atom stereocenters. The number of carbonyl (C=O) groups excluding carboxylic acids is 2. The number of hydrogen-bond donors (Lipinski definition) is 2. The molecule has 0 bridgehead atoms. The highest BCUT2D eigenvalue weighted by Gasteiger charge is 2.23. The van der Waals surface area contributed by atoms with Gasteiger partial charge in [0, 0.05) is 51.0 Å². The molecule has 2 aromatic carbocycles. The van der Waals surface area contributed by atoms with Crippen molar-refractivity contribution < 1.29 is 28.9 Å². The first-order chi connectivity index (χ1) is 20.9. The summed E-state index contributed by atoms with van der Waals surface area (Å²) in [6.45, 7) is 7.97. The van der Waals surface area contributed by atoms with E-state index >= 15 is 0 Å². The molecule has 0 atom stereocenters. The standard InChI is InChI=1S/C32H35N5O6/c1-3-26-31(43-32(40)33-18-22-4-9-27-28(17-22)42-20-41-27)37-19-25(16-21(2)29(37)34-26)23-5-7-24(8-6-23)30(39)36-12-10-35(11-13-36)14-15-38/h4-9,16-17,19,38H,3,10-15,18,20H2,1-2H3,(H,33,40). The number of piperazine rings is 1. The van der Waals surface area contributed by atoms with Crippen LogP contribution in [0.25, 0.3) is 16.8 Å². The Morgan fingerprint density at radius 1 is 1.00 bits per heavy atom. The lowest BCUT2D eigenvalue weighted by molar-refractivity contribution is 0.0615. The van der Waals surface area contributed by atoms with Crippen LogP contribution in [0.5, 0.6) is 17.4 Å². The Bertz CT molecular complexity index is 1640. The van der Waals surface area contributed by atoms with Gasteiger partial charge >= 0.3 is 6.09 Å². The molecule has 2 amide bonds. The lowest BCUT2D eigenvalue weighted by Crippen LogP contribution is -2.49. The molecule has 0 spiro atoms. The van der Waals surface area contributed by atoms with Gasteiger partial charge in [-0.3, -0.25) is 14.1 Å². The molecule has 4 aromatic rings. The fourth-order valence-corrected chi connectivity index (χ4v) is 5.49. The second-order valence-corrected chi connectivity index (χ2v) is 10.7. The van der Waals surface area contributed by atoms with Gasteiger partial charge in [0.2, 0.25) is 12.7 Å². The van der Waals surface area contributed by atoms with Crippen LogP contribution >= 0.6 is 0 Å². The van der Waals surface area contributed by atoms with Gasteiger partial charge in [-0.1, -0.05) is 25.1 Å². The van der Waals surface area contributed by atoms with Crippen LogP contribution in [-0.4, -0.2) is 82.4 Å². The van der Waals surface area contributed by atoms with Gasteiger partial charge in [-0.15, -0.1) is 0 Å². The number of fused-ring (bicyclic) bond motifs is 2. The summed E-state index contributed by atoms with van der Waals surface area (Å²) in [5.74, 6) is 1.72. The van der Waals surface area contributed by atoms with Crippen LogP contribution < -0.4 is 19.5 Å². The highest BCUT2D eigenvalue weighted by molar-refractivity contribution is 5.94. The Kier molecular flexibility index (Phi) is 8.17. The van der Waals surface area contributed by atoms with E-state index in [1.54, 1.807) is 0 Å². The number of aromatic nitrogens is 2. The summed E-state index contributed by atoms with van der Waals surface area (Å²) in [4.78, 5) is 34.7. The smallest absolute Gasteiger partial charge is 0.414 e. The quantitative estimate of drug-likeness (QED) is 0.322. The maximum absolute atomic E-state index is 13.1. The van der Waals surface area contributed by atoms with Crippen molar-refractivity contribution in [3.63, 3.8) is 0 Å². The van der Waals surface area contributed by atoms with E-state index in [4.69, 9.17) is 24.3 Å². The van der Waals surface area contributed by atoms with Crippen molar-refractivity contribution in [3.05, 3.63) is 77.1 Å². The summed E-state index contributed by atoms with van der Waals surface area (Å²) < 4.78 is 18.4. The highest BCUT2D eigenvalue weighted by atomic mass is 16.7. The second-order valence-electron chi connectivity index (χ2n) is 10.7. The number of nitrogens with zero attached hydrogens (tertiary/aromatic N) is 4. The van der Waals surface area contributed by atoms with Crippen molar-refractivity contribution in [1.82, 2.24) is 24.5 Å². The van der Waals surface area contributed by atoms with Crippen LogP contribution in [0.4, 0.5) is 4.79 Å². The number of aryl methyl sites for hydroxylation is 2. The van der Waals surface area contributed by atoms with Crippen LogP contribution in [0.1, 0.15) is 34.1 Å². The average molecular weight is 586 g/mol. The number of aliphatic hydroxyl groups is 1. The van der Waals surface area contributed by atoms with E-state index in [0.717, 1.165) is 35.3 Å². The molecule has 11 heteroatoms. The summed E-state index contributed by atoms with van der Waals surface area (Å²) in [5.41, 5.74) is 5.66. The summed E-state index contributed by atoms with van der Waals surface area (Å²) >= 11 is 0. The molecular formula is C32H35N5O6. The monoisotopic (exact) mass is 585 g/mol. The number of carbonyl (C=O) groups is 2. The lowest BCUT2D eigenvalue weighted by Gasteiger charge is -2.34. The molecule has 0 aliphatic carbocycles. The Hall–Kier alpha value is -4.61. The second kappa shape index (κ2) is 12.3. The number of nitrogens with one attached hydrogen (secondary N) is 1. The Morgan fingerprint density at radius 3 is 2.51 bits per heavy atom. The number of β-amino-alcohol motifs (C(OH)–C–C–N with tert-alkyl or cyclic N) is 1. The first-order valence-corrected chi connectivity index (χ1v) is 14.5. The van der Waals surface area contributed by atoms with Crippen molar-refractivity contribution in [1.29, 1.82) is 0 Å². The van der Waals surface area contributed by atoms with Crippen molar-refractivity contribution in [2.24, 2.45) is 0 Å². The number of rotatable bonds is 8. The van der Waals surface area contributed by atoms with Gasteiger partial charge in [0.25, 0.3) is 5.91 Å². The zero-order chi connectivity index (χ0) is 29.9. The van der Waals surface area contributed by atoms with E-state index in [0.29, 0.717) is 60.3 Å². The fourth-order valence-electron chi connectivity index (χ4n) is 5.49. The number of amides is 2. The van der Waals surface area contributed by atoms with E-state index in [1.807, 2.05) is 77.9 Å². The van der Waals surface area contributed by atoms with Gasteiger partial charge in [0.1, 0.15) is 11.3 Å². The Morgan fingerprint density at radius 2 is 1.77 bits per heavy atom. The predicted molar refractivity (Wildman–Crippen MR) is 160 cm³/mol. The molecule has 2 aromatic heterocycles. The summed E-state index contributed by atoms with van der Waals surface area (Å²) in [7, 11) is 0. The minimum absolute atomic E-state index is 0.00600. The number of benzene rings is 2. The van der Waals surface area contributed by atoms with E-state index in [-0.39, 0.29) is 25.9 Å². The summed E-state index contributed by atoms with van der Waals surface area (Å²) in [6.07, 6.45) is 1.91. The van der Waals surface area contributed by atoms with Gasteiger partial charge < -0.3 is 29.5 Å². The van der Waals surface area contributed by atoms with Crippen LogP contribution in [0, 0.1) is 6.92 Å². The van der Waals surface area contributed by atoms with E-state index in [1.165, 1.54) is 0 Å². The third kappa shape index (κ3) is 5.99. The minimum Gasteiger partial charge on any atom is -0.454 e. The first-order valence-electron chi connectivity index (χ1n) is 14.5. The van der Waals surface area contributed by atoms with Crippen LogP contribution in [0.3, 0.4) is 0 Å². The molecular weight excluding hydrogens is 550 g/mol. The van der Waals surface area contributed by atoms with E-state index in [2.05, 4.69) is 10.2 Å². The van der Waals surface area contributed by atoms with E-state index in [9.17, 15) is 9.59 Å². The maximum atomic E-state index is 13.1. The minimum atomic E-state index is -0.586. The molecule has 2 aliphatic rings. The maximum Gasteiger partial charge on any atom is 0.414 e. The topological polar surface area (TPSA) is 118 Å². The van der Waals surface area contributed by atoms with E-state index < -0.39 is 6.09 Å². The van der Waals surface area contributed by atoms with Crippen molar-refractivity contribution >= 4 is 17.6 Å². The van der Waals surface area contributed by atoms with Gasteiger partial charge in [0.15, 0.2) is 11.5 Å². The first kappa shape index (κ1) is 28.5. The van der Waals surface area contributed by atoms with Crippen LogP contribution in [0.15, 0.2) is 54.7 Å². The van der Waals surface area contributed by atoms with Gasteiger partial charge in [0.05, 0.1) is 6.61 Å². The fraction of sp³-hybridized carbons (Fsp3) is 0.344. The van der Waals surface area contributed by atoms with Crippen molar-refractivity contribution in [3.8, 4) is 28.5 Å². The molecule has 0 saturated carbocycles. The molecule has 4 heterocycles. The van der Waals surface area contributed by atoms with Gasteiger partial charge in [-0.25, -0.2) is 9.78 Å². The Balaban J connectivity index is 1.17. The third-order valence-electron chi connectivity index (χ3n) is 7.87. The molecule has 43 heavy (non-hydrogen) atoms. The number of imidazole rings is 1. The Labute approximate surface area is 249 Å². The molecule has 2 N–H and O–H groups in total. The predicted octanol–water partition coefficient (Wildman–Crippen LogP) is 3.64. The zero-order valence-corrected chi connectivity index (χ0v) is 24.3. The van der Waals surface area contributed by atoms with Gasteiger partial charge in [-0.05, 0) is 65.9 Å². The lowest BCUT2D eigenvalue weighted by atomic mass is 10.0. The molecule has 224 valence electrons. The number of aliphatic hydroxyl groups excluding tert-OH is 1. The number of hydrogen-bond acceptors (Lipinski definition) is 8. The SMILES string of the molecule is CCc1nc2c(C)cc(-c3ccc(C(=O)N4CCN(CCO)CC4)cc3)cn2c1OC(=O)NCc1ccc2c(c1)OCO2. The molecule has 1 saturated heterocycles. The normalized spacial score (nSPS) is 14.7. The highest BCUT2D eigenvalue weighted by Crippen LogP contribution is 2.33.